The van der Waals surface area contributed by atoms with Gasteiger partial charge in [-0.1, -0.05) is 0 Å². The molecular weight excluding hydrogens is 313 g/mol. The number of carbonyl (C=O) groups excluding carboxylic acids is 1. The van der Waals surface area contributed by atoms with E-state index < -0.39 is 5.24 Å². The van der Waals surface area contributed by atoms with E-state index in [1.165, 1.54) is 13.2 Å². The Bertz CT molecular complexity index is 368. The third-order valence-electron chi connectivity index (χ3n) is 1.55. The van der Waals surface area contributed by atoms with E-state index in [1.54, 1.807) is 6.07 Å². The predicted molar refractivity (Wildman–Crippen MR) is 59.4 cm³/mol. The summed E-state index contributed by atoms with van der Waals surface area (Å²) in [4.78, 5) is 11.0. The molecule has 0 aliphatic heterocycles. The number of benzene rings is 1. The molecule has 1 aromatic rings. The SMILES string of the molecule is COc1cc(C(=O)Cl)c([Se]Cl)cc1Cl. The Morgan fingerprint density at radius 3 is 2.57 bits per heavy atom. The average Bonchev–Trinajstić information content (AvgIpc) is 2.16. The van der Waals surface area contributed by atoms with Crippen LogP contribution in [0.1, 0.15) is 10.4 Å². The van der Waals surface area contributed by atoms with Gasteiger partial charge in [0.25, 0.3) is 0 Å². The molecule has 0 spiro atoms. The maximum atomic E-state index is 11.0. The van der Waals surface area contributed by atoms with Gasteiger partial charge in [-0.25, -0.2) is 0 Å². The Labute approximate surface area is 102 Å². The van der Waals surface area contributed by atoms with Crippen LogP contribution in [-0.4, -0.2) is 26.4 Å². The van der Waals surface area contributed by atoms with Crippen LogP contribution in [-0.2, 0) is 0 Å². The molecule has 0 N–H and O–H groups in total. The summed E-state index contributed by atoms with van der Waals surface area (Å²) in [5.74, 6) is 0.417. The Morgan fingerprint density at radius 1 is 1.50 bits per heavy atom. The number of hydrogen-bond donors (Lipinski definition) is 0. The molecule has 0 heterocycles. The standard InChI is InChI=1S/C8H5Cl3O2Se/c1-13-6-2-4(8(10)12)7(14-11)3-5(6)9/h2-3H,1H3. The van der Waals surface area contributed by atoms with E-state index >= 15 is 0 Å². The second kappa shape index (κ2) is 5.24. The molecule has 0 amide bonds. The second-order valence-corrected chi connectivity index (χ2v) is 5.13. The number of halogens is 3. The number of ether oxygens (including phenoxy) is 1. The van der Waals surface area contributed by atoms with Crippen molar-refractivity contribution in [3.8, 4) is 5.75 Å². The van der Waals surface area contributed by atoms with Crippen LogP contribution in [0.15, 0.2) is 12.1 Å². The zero-order valence-electron chi connectivity index (χ0n) is 7.01. The number of carbonyl (C=O) groups is 1. The fraction of sp³-hybridized carbons (Fsp3) is 0.125. The van der Waals surface area contributed by atoms with Crippen molar-refractivity contribution in [2.45, 2.75) is 0 Å². The summed E-state index contributed by atoms with van der Waals surface area (Å²) in [6.07, 6.45) is 0. The van der Waals surface area contributed by atoms with Crippen molar-refractivity contribution >= 4 is 57.0 Å². The van der Waals surface area contributed by atoms with Gasteiger partial charge >= 0.3 is 102 Å². The molecule has 0 bridgehead atoms. The van der Waals surface area contributed by atoms with E-state index in [4.69, 9.17) is 38.0 Å². The van der Waals surface area contributed by atoms with Gasteiger partial charge in [0.1, 0.15) is 0 Å². The van der Waals surface area contributed by atoms with Crippen LogP contribution >= 0.6 is 33.3 Å². The summed E-state index contributed by atoms with van der Waals surface area (Å²) >= 11 is 10.9. The Balaban J connectivity index is 3.32. The molecule has 1 rings (SSSR count). The molecule has 0 fully saturated rings. The van der Waals surface area contributed by atoms with Crippen molar-refractivity contribution < 1.29 is 9.53 Å². The number of rotatable bonds is 3. The summed E-state index contributed by atoms with van der Waals surface area (Å²) < 4.78 is 5.61. The summed E-state index contributed by atoms with van der Waals surface area (Å²) in [5.41, 5.74) is 0.350. The van der Waals surface area contributed by atoms with Crippen molar-refractivity contribution in [1.29, 1.82) is 0 Å². The van der Waals surface area contributed by atoms with E-state index in [-0.39, 0.29) is 14.0 Å². The first-order chi connectivity index (χ1) is 6.60. The fourth-order valence-corrected chi connectivity index (χ4v) is 3.08. The van der Waals surface area contributed by atoms with Crippen LogP contribution in [0.3, 0.4) is 0 Å². The third kappa shape index (κ3) is 2.56. The second-order valence-electron chi connectivity index (χ2n) is 2.33. The molecule has 0 saturated carbocycles. The molecular formula is C8H5Cl3O2Se. The van der Waals surface area contributed by atoms with Crippen LogP contribution in [0, 0.1) is 0 Å². The van der Waals surface area contributed by atoms with Crippen molar-refractivity contribution in [3.63, 3.8) is 0 Å². The first-order valence-corrected chi connectivity index (χ1v) is 7.32. The first-order valence-electron chi connectivity index (χ1n) is 3.46. The molecule has 0 aromatic heterocycles. The van der Waals surface area contributed by atoms with E-state index in [2.05, 4.69) is 0 Å². The van der Waals surface area contributed by atoms with Crippen molar-refractivity contribution in [1.82, 2.24) is 0 Å². The Kier molecular flexibility index (Phi) is 4.55. The van der Waals surface area contributed by atoms with E-state index in [0.717, 1.165) is 0 Å². The van der Waals surface area contributed by atoms with Gasteiger partial charge in [-0.15, -0.1) is 0 Å². The Hall–Kier alpha value is 0.0795. The molecule has 14 heavy (non-hydrogen) atoms. The molecule has 0 aliphatic carbocycles. The summed E-state index contributed by atoms with van der Waals surface area (Å²) in [6.45, 7) is 0. The molecule has 0 atom stereocenters. The predicted octanol–water partition coefficient (Wildman–Crippen LogP) is 2.21. The van der Waals surface area contributed by atoms with Crippen molar-refractivity contribution in [2.75, 3.05) is 7.11 Å². The summed E-state index contributed by atoms with van der Waals surface area (Å²) in [6, 6.07) is 3.10. The van der Waals surface area contributed by atoms with Gasteiger partial charge < -0.3 is 0 Å². The normalized spacial score (nSPS) is 10.0. The van der Waals surface area contributed by atoms with E-state index in [0.29, 0.717) is 20.8 Å². The maximum absolute atomic E-state index is 11.0. The number of methoxy groups -OCH3 is 1. The van der Waals surface area contributed by atoms with Gasteiger partial charge in [0.05, 0.1) is 0 Å². The van der Waals surface area contributed by atoms with Crippen LogP contribution in [0.25, 0.3) is 0 Å². The molecule has 0 radical (unpaired) electrons. The molecule has 76 valence electrons. The van der Waals surface area contributed by atoms with Gasteiger partial charge in [-0.3, -0.25) is 0 Å². The summed E-state index contributed by atoms with van der Waals surface area (Å²) in [5, 5.41) is -0.135. The molecule has 0 unspecified atom stereocenters. The zero-order chi connectivity index (χ0) is 10.7. The monoisotopic (exact) mass is 318 g/mol. The minimum absolute atomic E-state index is 0.350. The van der Waals surface area contributed by atoms with Crippen molar-refractivity contribution in [2.24, 2.45) is 0 Å². The summed E-state index contributed by atoms with van der Waals surface area (Å²) in [7, 11) is 7.16. The van der Waals surface area contributed by atoms with E-state index in [1.807, 2.05) is 0 Å². The van der Waals surface area contributed by atoms with Crippen LogP contribution < -0.4 is 9.20 Å². The number of hydrogen-bond acceptors (Lipinski definition) is 2. The molecule has 1 aromatic carbocycles. The van der Waals surface area contributed by atoms with Crippen LogP contribution in [0.2, 0.25) is 5.02 Å². The van der Waals surface area contributed by atoms with Gasteiger partial charge in [0, 0.05) is 0 Å². The van der Waals surface area contributed by atoms with Crippen LogP contribution in [0.4, 0.5) is 0 Å². The third-order valence-corrected chi connectivity index (χ3v) is 3.97. The molecule has 0 saturated heterocycles. The van der Waals surface area contributed by atoms with Gasteiger partial charge in [0.15, 0.2) is 0 Å². The zero-order valence-corrected chi connectivity index (χ0v) is 11.0. The Morgan fingerprint density at radius 2 is 2.14 bits per heavy atom. The van der Waals surface area contributed by atoms with E-state index in [9.17, 15) is 4.79 Å². The van der Waals surface area contributed by atoms with Gasteiger partial charge in [-0.2, -0.15) is 0 Å². The van der Waals surface area contributed by atoms with Gasteiger partial charge in [-0.05, 0) is 0 Å². The topological polar surface area (TPSA) is 26.3 Å². The minimum atomic E-state index is -0.558. The molecule has 0 aliphatic rings. The quantitative estimate of drug-likeness (QED) is 0.631. The molecule has 6 heteroatoms. The average molecular weight is 318 g/mol. The van der Waals surface area contributed by atoms with Crippen molar-refractivity contribution in [3.05, 3.63) is 22.7 Å². The van der Waals surface area contributed by atoms with Crippen LogP contribution in [0.5, 0.6) is 5.75 Å². The first kappa shape index (κ1) is 12.2. The molecule has 2 nitrogen and oxygen atoms in total. The van der Waals surface area contributed by atoms with Gasteiger partial charge in [0.2, 0.25) is 0 Å². The fourth-order valence-electron chi connectivity index (χ4n) is 0.909.